The average molecular weight is 519 g/mol. The third-order valence-corrected chi connectivity index (χ3v) is 13.2. The van der Waals surface area contributed by atoms with E-state index in [-0.39, 0.29) is 23.7 Å². The summed E-state index contributed by atoms with van der Waals surface area (Å²) in [6.45, 7) is 20.0. The van der Waals surface area contributed by atoms with Crippen LogP contribution in [-0.2, 0) is 14.0 Å². The molecule has 0 unspecified atom stereocenters. The van der Waals surface area contributed by atoms with Gasteiger partial charge in [0, 0.05) is 18.9 Å². The van der Waals surface area contributed by atoms with Crippen molar-refractivity contribution >= 4 is 20.2 Å². The number of nitrogens with zero attached hydrogens (tertiary/aromatic N) is 1. The topological polar surface area (TPSA) is 62.6 Å². The Labute approximate surface area is 221 Å². The minimum absolute atomic E-state index is 0.126. The number of carbonyl (C=O) groups excluding carboxylic acids is 1. The van der Waals surface area contributed by atoms with Crippen molar-refractivity contribution < 1.29 is 18.5 Å². The third-order valence-electron chi connectivity index (χ3n) is 8.59. The molecule has 0 aromatic carbocycles. The van der Waals surface area contributed by atoms with Crippen LogP contribution in [0.15, 0.2) is 23.9 Å². The number of ether oxygens (including phenoxy) is 1. The van der Waals surface area contributed by atoms with E-state index in [0.29, 0.717) is 18.2 Å². The van der Waals surface area contributed by atoms with Gasteiger partial charge in [-0.3, -0.25) is 9.89 Å². The Kier molecular flexibility index (Phi) is 9.89. The van der Waals surface area contributed by atoms with Crippen molar-refractivity contribution in [3.05, 3.63) is 23.9 Å². The molecule has 3 aliphatic heterocycles. The van der Waals surface area contributed by atoms with Crippen LogP contribution < -0.4 is 10.6 Å². The van der Waals surface area contributed by atoms with Gasteiger partial charge >= 0.3 is 11.9 Å². The van der Waals surface area contributed by atoms with Crippen LogP contribution in [0, 0.1) is 0 Å². The van der Waals surface area contributed by atoms with Gasteiger partial charge in [0.2, 0.25) is 0 Å². The van der Waals surface area contributed by atoms with Crippen LogP contribution in [0.2, 0.25) is 18.1 Å². The van der Waals surface area contributed by atoms with Crippen LogP contribution >= 0.6 is 0 Å². The SMILES string of the molecule is C=CCOC(=O)C1=C(CCCCCCC[C@@H](C)O[Si](C)(C)C(C)(C)C)NC2=[N+]3[C@H](CC[C@@H]13)C[C@H](C)N2. The highest BCUT2D eigenvalue weighted by molar-refractivity contribution is 6.74. The number of hydrogen-bond acceptors (Lipinski definition) is 5. The predicted molar refractivity (Wildman–Crippen MR) is 151 cm³/mol. The summed E-state index contributed by atoms with van der Waals surface area (Å²) < 4.78 is 14.4. The van der Waals surface area contributed by atoms with E-state index in [1.807, 2.05) is 0 Å². The van der Waals surface area contributed by atoms with Gasteiger partial charge in [0.25, 0.3) is 0 Å². The second-order valence-electron chi connectivity index (χ2n) is 12.7. The van der Waals surface area contributed by atoms with Crippen LogP contribution in [0.3, 0.4) is 0 Å². The molecular formula is C29H52N3O3Si+. The Morgan fingerprint density at radius 2 is 1.89 bits per heavy atom. The molecule has 0 aliphatic carbocycles. The predicted octanol–water partition coefficient (Wildman–Crippen LogP) is 6.00. The van der Waals surface area contributed by atoms with Crippen molar-refractivity contribution in [2.45, 2.75) is 141 Å². The zero-order valence-corrected chi connectivity index (χ0v) is 25.0. The Morgan fingerprint density at radius 3 is 2.58 bits per heavy atom. The van der Waals surface area contributed by atoms with Crippen molar-refractivity contribution in [3.8, 4) is 0 Å². The zero-order valence-electron chi connectivity index (χ0n) is 24.0. The second kappa shape index (κ2) is 12.3. The lowest BCUT2D eigenvalue weighted by molar-refractivity contribution is -0.580. The van der Waals surface area contributed by atoms with Crippen molar-refractivity contribution in [2.24, 2.45) is 0 Å². The molecule has 7 heteroatoms. The van der Waals surface area contributed by atoms with Crippen molar-refractivity contribution in [1.29, 1.82) is 0 Å². The van der Waals surface area contributed by atoms with Crippen LogP contribution in [-0.4, -0.2) is 55.7 Å². The summed E-state index contributed by atoms with van der Waals surface area (Å²) in [7, 11) is -1.68. The Balaban J connectivity index is 1.49. The maximum Gasteiger partial charge on any atom is 0.351 e. The summed E-state index contributed by atoms with van der Waals surface area (Å²) in [4.78, 5) is 13.1. The van der Waals surface area contributed by atoms with E-state index >= 15 is 0 Å². The van der Waals surface area contributed by atoms with Crippen molar-refractivity contribution in [2.75, 3.05) is 6.61 Å². The number of esters is 1. The van der Waals surface area contributed by atoms with Gasteiger partial charge in [-0.1, -0.05) is 59.1 Å². The molecule has 1 saturated heterocycles. The van der Waals surface area contributed by atoms with E-state index < -0.39 is 8.32 Å². The lowest BCUT2D eigenvalue weighted by Gasteiger charge is -2.38. The second-order valence-corrected chi connectivity index (χ2v) is 17.4. The number of unbranched alkanes of at least 4 members (excludes halogenated alkanes) is 4. The molecule has 0 bridgehead atoms. The van der Waals surface area contributed by atoms with Gasteiger partial charge in [-0.05, 0) is 57.7 Å². The fraction of sp³-hybridized carbons (Fsp3) is 0.793. The average Bonchev–Trinajstić information content (AvgIpc) is 3.19. The smallest absolute Gasteiger partial charge is 0.351 e. The number of hydrogen-bond donors (Lipinski definition) is 2. The first-order chi connectivity index (χ1) is 16.9. The fourth-order valence-electron chi connectivity index (χ4n) is 5.69. The Morgan fingerprint density at radius 1 is 1.19 bits per heavy atom. The van der Waals surface area contributed by atoms with E-state index in [4.69, 9.17) is 9.16 Å². The van der Waals surface area contributed by atoms with Crippen LogP contribution in [0.4, 0.5) is 0 Å². The van der Waals surface area contributed by atoms with Gasteiger partial charge < -0.3 is 9.16 Å². The molecule has 0 amide bonds. The van der Waals surface area contributed by atoms with E-state index in [9.17, 15) is 4.79 Å². The molecule has 0 aromatic rings. The number of guanidine groups is 1. The van der Waals surface area contributed by atoms with Crippen molar-refractivity contribution in [1.82, 2.24) is 10.6 Å². The van der Waals surface area contributed by atoms with Gasteiger partial charge in [-0.2, -0.15) is 0 Å². The lowest BCUT2D eigenvalue weighted by atomic mass is 9.97. The minimum Gasteiger partial charge on any atom is -0.458 e. The van der Waals surface area contributed by atoms with Crippen LogP contribution in [0.5, 0.6) is 0 Å². The zero-order chi connectivity index (χ0) is 26.5. The highest BCUT2D eigenvalue weighted by Crippen LogP contribution is 2.38. The van der Waals surface area contributed by atoms with Crippen molar-refractivity contribution in [3.63, 3.8) is 0 Å². The molecule has 204 valence electrons. The largest absolute Gasteiger partial charge is 0.458 e. The van der Waals surface area contributed by atoms with E-state index in [1.165, 1.54) is 25.7 Å². The summed E-state index contributed by atoms with van der Waals surface area (Å²) in [5.74, 6) is 0.906. The summed E-state index contributed by atoms with van der Waals surface area (Å²) in [5, 5.41) is 7.51. The molecule has 1 fully saturated rings. The van der Waals surface area contributed by atoms with Gasteiger partial charge in [-0.25, -0.2) is 10.1 Å². The van der Waals surface area contributed by atoms with Gasteiger partial charge in [0.05, 0.1) is 17.8 Å². The Bertz CT molecular complexity index is 858. The minimum atomic E-state index is -1.68. The first-order valence-corrected chi connectivity index (χ1v) is 17.2. The molecule has 0 radical (unpaired) electrons. The highest BCUT2D eigenvalue weighted by Gasteiger charge is 2.48. The first-order valence-electron chi connectivity index (χ1n) is 14.3. The molecule has 3 rings (SSSR count). The highest BCUT2D eigenvalue weighted by atomic mass is 28.4. The molecule has 0 spiro atoms. The number of rotatable bonds is 13. The number of allylic oxidation sites excluding steroid dienone is 1. The maximum absolute atomic E-state index is 13.1. The summed E-state index contributed by atoms with van der Waals surface area (Å²) >= 11 is 0. The first kappa shape index (κ1) is 29.0. The van der Waals surface area contributed by atoms with E-state index in [1.54, 1.807) is 6.08 Å². The maximum atomic E-state index is 13.1. The molecule has 0 aromatic heterocycles. The van der Waals surface area contributed by atoms with Crippen LogP contribution in [0.25, 0.3) is 0 Å². The number of nitrogens with one attached hydrogen (secondary N) is 2. The summed E-state index contributed by atoms with van der Waals surface area (Å²) in [6.07, 6.45) is 13.2. The molecule has 3 heterocycles. The lowest BCUT2D eigenvalue weighted by Crippen LogP contribution is -2.59. The van der Waals surface area contributed by atoms with Gasteiger partial charge in [0.15, 0.2) is 8.32 Å². The molecule has 4 atom stereocenters. The molecule has 36 heavy (non-hydrogen) atoms. The molecule has 2 N–H and O–H groups in total. The molecule has 6 nitrogen and oxygen atoms in total. The summed E-state index contributed by atoms with van der Waals surface area (Å²) in [5.41, 5.74) is 1.90. The van der Waals surface area contributed by atoms with E-state index in [0.717, 1.165) is 55.8 Å². The normalized spacial score (nSPS) is 24.7. The third kappa shape index (κ3) is 7.03. The van der Waals surface area contributed by atoms with Gasteiger partial charge in [0.1, 0.15) is 18.2 Å². The quantitative estimate of drug-likeness (QED) is 0.103. The molecular weight excluding hydrogens is 466 g/mol. The van der Waals surface area contributed by atoms with E-state index in [2.05, 4.69) is 69.5 Å². The Hall–Kier alpha value is -1.60. The number of carbonyl (C=O) groups is 1. The monoisotopic (exact) mass is 518 g/mol. The van der Waals surface area contributed by atoms with Crippen LogP contribution in [0.1, 0.15) is 98.8 Å². The fourth-order valence-corrected chi connectivity index (χ4v) is 7.17. The molecule has 0 saturated carbocycles. The van der Waals surface area contributed by atoms with Gasteiger partial charge in [-0.15, -0.1) is 0 Å². The summed E-state index contributed by atoms with van der Waals surface area (Å²) in [6, 6.07) is 1.08. The standard InChI is InChI=1S/C29H51N3O3Si/c1-9-19-34-27(33)26-24(31-28-30-21(2)20-23-17-18-25(26)32(23)28)16-14-12-10-11-13-15-22(3)35-36(7,8)29(4,5)6/h9,21-23,25H,1,10-20H2,2-8H3,(H,30,31,33)/p+1/t21-,22+,23+,25-/m0/s1. The molecule has 3 aliphatic rings.